The highest BCUT2D eigenvalue weighted by Crippen LogP contribution is 2.24. The summed E-state index contributed by atoms with van der Waals surface area (Å²) in [5.74, 6) is -0.620. The fourth-order valence-corrected chi connectivity index (χ4v) is 3.33. The van der Waals surface area contributed by atoms with Crippen molar-refractivity contribution in [1.29, 1.82) is 0 Å². The monoisotopic (exact) mass is 361 g/mol. The maximum Gasteiger partial charge on any atom is 0.291 e. The van der Waals surface area contributed by atoms with Crippen molar-refractivity contribution in [3.05, 3.63) is 77.5 Å². The molecule has 1 aromatic heterocycles. The summed E-state index contributed by atoms with van der Waals surface area (Å²) in [5.41, 5.74) is 0.584. The van der Waals surface area contributed by atoms with Gasteiger partial charge in [-0.15, -0.1) is 0 Å². The summed E-state index contributed by atoms with van der Waals surface area (Å²) >= 11 is 5.76. The number of amides is 1. The molecule has 0 bridgehead atoms. The Morgan fingerprint density at radius 1 is 0.917 bits per heavy atom. The molecule has 122 valence electrons. The minimum Gasteiger partial charge on any atom is -0.439 e. The molecule has 0 saturated carbocycles. The normalized spacial score (nSPS) is 11.2. The number of carbonyl (C=O) groups is 1. The lowest BCUT2D eigenvalue weighted by molar-refractivity contribution is 0.0991. The van der Waals surface area contributed by atoms with Gasteiger partial charge in [0.2, 0.25) is 14.9 Å². The number of furan rings is 1. The van der Waals surface area contributed by atoms with E-state index in [1.54, 1.807) is 24.3 Å². The molecule has 0 radical (unpaired) electrons. The average molecular weight is 362 g/mol. The van der Waals surface area contributed by atoms with Crippen molar-refractivity contribution in [1.82, 2.24) is 0 Å². The zero-order chi connectivity index (χ0) is 17.2. The van der Waals surface area contributed by atoms with Crippen molar-refractivity contribution in [2.45, 2.75) is 9.99 Å². The molecular weight excluding hydrogens is 350 g/mol. The minimum atomic E-state index is -3.85. The van der Waals surface area contributed by atoms with E-state index in [4.69, 9.17) is 16.0 Å². The number of hydrogen-bond acceptors (Lipinski definition) is 4. The maximum atomic E-state index is 12.5. The summed E-state index contributed by atoms with van der Waals surface area (Å²) in [7, 11) is -3.85. The fraction of sp³-hybridized carbons (Fsp3) is 0. The van der Waals surface area contributed by atoms with Crippen molar-refractivity contribution in [3.8, 4) is 0 Å². The zero-order valence-electron chi connectivity index (χ0n) is 12.3. The highest BCUT2D eigenvalue weighted by Gasteiger charge is 2.23. The SMILES string of the molecule is O=C(Nc1ccccc1)c1ccc(S(=O)(=O)c2ccc(Cl)cc2)o1. The Morgan fingerprint density at radius 2 is 1.58 bits per heavy atom. The first-order valence-electron chi connectivity index (χ1n) is 6.94. The molecule has 0 aliphatic carbocycles. The number of benzene rings is 2. The number of hydrogen-bond donors (Lipinski definition) is 1. The Labute approximate surface area is 143 Å². The highest BCUT2D eigenvalue weighted by atomic mass is 35.5. The standard InChI is InChI=1S/C17H12ClNO4S/c18-12-6-8-14(9-7-12)24(21,22)16-11-10-15(23-16)17(20)19-13-4-2-1-3-5-13/h1-11H,(H,19,20). The lowest BCUT2D eigenvalue weighted by Crippen LogP contribution is -2.10. The third-order valence-electron chi connectivity index (χ3n) is 3.23. The molecule has 0 spiro atoms. The molecular formula is C17H12ClNO4S. The van der Waals surface area contributed by atoms with E-state index >= 15 is 0 Å². The van der Waals surface area contributed by atoms with Gasteiger partial charge in [-0.25, -0.2) is 8.42 Å². The van der Waals surface area contributed by atoms with Crippen LogP contribution in [0.25, 0.3) is 0 Å². The molecule has 3 rings (SSSR count). The van der Waals surface area contributed by atoms with E-state index in [2.05, 4.69) is 5.32 Å². The maximum absolute atomic E-state index is 12.5. The molecule has 5 nitrogen and oxygen atoms in total. The van der Waals surface area contributed by atoms with Crippen molar-refractivity contribution in [2.75, 3.05) is 5.32 Å². The summed E-state index contributed by atoms with van der Waals surface area (Å²) in [6.07, 6.45) is 0. The van der Waals surface area contributed by atoms with Crippen LogP contribution < -0.4 is 5.32 Å². The van der Waals surface area contributed by atoms with Crippen LogP contribution in [0.3, 0.4) is 0 Å². The van der Waals surface area contributed by atoms with Crippen molar-refractivity contribution < 1.29 is 17.6 Å². The van der Waals surface area contributed by atoms with Crippen LogP contribution in [0, 0.1) is 0 Å². The number of nitrogens with one attached hydrogen (secondary N) is 1. The average Bonchev–Trinajstić information content (AvgIpc) is 3.07. The molecule has 2 aromatic carbocycles. The van der Waals surface area contributed by atoms with Gasteiger partial charge in [-0.3, -0.25) is 4.79 Å². The van der Waals surface area contributed by atoms with Crippen LogP contribution in [-0.4, -0.2) is 14.3 Å². The first kappa shape index (κ1) is 16.3. The molecule has 0 aliphatic heterocycles. The molecule has 1 heterocycles. The van der Waals surface area contributed by atoms with Crippen molar-refractivity contribution >= 4 is 33.0 Å². The number of carbonyl (C=O) groups excluding carboxylic acids is 1. The van der Waals surface area contributed by atoms with Crippen LogP contribution in [0.2, 0.25) is 5.02 Å². The highest BCUT2D eigenvalue weighted by molar-refractivity contribution is 7.91. The van der Waals surface area contributed by atoms with E-state index < -0.39 is 15.7 Å². The van der Waals surface area contributed by atoms with Gasteiger partial charge in [0.25, 0.3) is 5.91 Å². The van der Waals surface area contributed by atoms with Gasteiger partial charge in [-0.2, -0.15) is 0 Å². The van der Waals surface area contributed by atoms with E-state index in [9.17, 15) is 13.2 Å². The van der Waals surface area contributed by atoms with Crippen LogP contribution in [0.4, 0.5) is 5.69 Å². The first-order chi connectivity index (χ1) is 11.5. The largest absolute Gasteiger partial charge is 0.439 e. The van der Waals surface area contributed by atoms with Gasteiger partial charge in [0.15, 0.2) is 5.76 Å². The van der Waals surface area contributed by atoms with Gasteiger partial charge in [0.05, 0.1) is 4.90 Å². The number of sulfone groups is 1. The first-order valence-corrected chi connectivity index (χ1v) is 8.80. The van der Waals surface area contributed by atoms with Crippen LogP contribution in [0.15, 0.2) is 81.1 Å². The second-order valence-electron chi connectivity index (χ2n) is 4.90. The summed E-state index contributed by atoms with van der Waals surface area (Å²) in [6.45, 7) is 0. The third-order valence-corrected chi connectivity index (χ3v) is 5.12. The Kier molecular flexibility index (Phi) is 4.42. The summed E-state index contributed by atoms with van der Waals surface area (Å²) in [6, 6.07) is 17.1. The van der Waals surface area contributed by atoms with Gasteiger partial charge in [-0.05, 0) is 48.5 Å². The molecule has 0 atom stereocenters. The molecule has 3 aromatic rings. The fourth-order valence-electron chi connectivity index (χ4n) is 2.03. The van der Waals surface area contributed by atoms with Crippen LogP contribution in [0.1, 0.15) is 10.6 Å². The molecule has 1 N–H and O–H groups in total. The zero-order valence-corrected chi connectivity index (χ0v) is 13.8. The number of halogens is 1. The van der Waals surface area contributed by atoms with Gasteiger partial charge >= 0.3 is 0 Å². The van der Waals surface area contributed by atoms with Gasteiger partial charge in [0.1, 0.15) is 0 Å². The Bertz CT molecular complexity index is 963. The van der Waals surface area contributed by atoms with Crippen LogP contribution >= 0.6 is 11.6 Å². The summed E-state index contributed by atoms with van der Waals surface area (Å²) < 4.78 is 30.2. The van der Waals surface area contributed by atoms with E-state index in [1.807, 2.05) is 6.07 Å². The van der Waals surface area contributed by atoms with Crippen LogP contribution in [-0.2, 0) is 9.84 Å². The van der Waals surface area contributed by atoms with Crippen LogP contribution in [0.5, 0.6) is 0 Å². The van der Waals surface area contributed by atoms with E-state index in [1.165, 1.54) is 36.4 Å². The quantitative estimate of drug-likeness (QED) is 0.761. The van der Waals surface area contributed by atoms with Crippen molar-refractivity contribution in [3.63, 3.8) is 0 Å². The molecule has 7 heteroatoms. The summed E-state index contributed by atoms with van der Waals surface area (Å²) in [4.78, 5) is 12.2. The van der Waals surface area contributed by atoms with Crippen molar-refractivity contribution in [2.24, 2.45) is 0 Å². The Hall–Kier alpha value is -2.57. The molecule has 0 aliphatic rings. The molecule has 0 unspecified atom stereocenters. The minimum absolute atomic E-state index is 0.0382. The second kappa shape index (κ2) is 6.51. The van der Waals surface area contributed by atoms with E-state index in [-0.39, 0.29) is 15.7 Å². The third kappa shape index (κ3) is 3.34. The molecule has 0 saturated heterocycles. The number of anilines is 1. The lowest BCUT2D eigenvalue weighted by atomic mass is 10.3. The summed E-state index contributed by atoms with van der Waals surface area (Å²) in [5, 5.41) is 2.75. The molecule has 24 heavy (non-hydrogen) atoms. The van der Waals surface area contributed by atoms with E-state index in [0.717, 1.165) is 0 Å². The van der Waals surface area contributed by atoms with Gasteiger partial charge in [-0.1, -0.05) is 29.8 Å². The van der Waals surface area contributed by atoms with Gasteiger partial charge < -0.3 is 9.73 Å². The van der Waals surface area contributed by atoms with Gasteiger partial charge in [0, 0.05) is 10.7 Å². The smallest absolute Gasteiger partial charge is 0.291 e. The molecule has 1 amide bonds. The number of para-hydroxylation sites is 1. The Morgan fingerprint density at radius 3 is 2.25 bits per heavy atom. The lowest BCUT2D eigenvalue weighted by Gasteiger charge is -2.03. The number of rotatable bonds is 4. The predicted molar refractivity (Wildman–Crippen MR) is 90.0 cm³/mol. The predicted octanol–water partition coefficient (Wildman–Crippen LogP) is 4.02. The second-order valence-corrected chi connectivity index (χ2v) is 7.21. The Balaban J connectivity index is 1.84. The molecule has 0 fully saturated rings. The topological polar surface area (TPSA) is 76.4 Å². The van der Waals surface area contributed by atoms with E-state index in [0.29, 0.717) is 10.7 Å².